The second kappa shape index (κ2) is 8.76. The van der Waals surface area contributed by atoms with Gasteiger partial charge in [-0.1, -0.05) is 36.4 Å². The largest absolute Gasteiger partial charge is 0.396 e. The molecule has 0 saturated heterocycles. The van der Waals surface area contributed by atoms with Gasteiger partial charge < -0.3 is 15.5 Å². The minimum atomic E-state index is 0.120. The van der Waals surface area contributed by atoms with Crippen LogP contribution in [0, 0.1) is 0 Å². The lowest BCUT2D eigenvalue weighted by molar-refractivity contribution is 0.299. The molecule has 29 heavy (non-hydrogen) atoms. The molecule has 0 fully saturated rings. The van der Waals surface area contributed by atoms with Crippen molar-refractivity contribution in [3.05, 3.63) is 70.9 Å². The molecular weight excluding hydrogens is 370 g/mol. The first-order valence-electron chi connectivity index (χ1n) is 9.40. The SMILES string of the molecule is OCCc1ccc(Cc2nc3nonc3nc2Nc2ccc(CCO)cc2)cc1. The van der Waals surface area contributed by atoms with Crippen molar-refractivity contribution in [3.63, 3.8) is 0 Å². The molecule has 0 aliphatic rings. The van der Waals surface area contributed by atoms with Crippen molar-refractivity contribution in [3.8, 4) is 0 Å². The molecule has 2 aromatic carbocycles. The van der Waals surface area contributed by atoms with Crippen molar-refractivity contribution in [2.45, 2.75) is 19.3 Å². The third kappa shape index (κ3) is 4.56. The fourth-order valence-electron chi connectivity index (χ4n) is 3.06. The lowest BCUT2D eigenvalue weighted by Gasteiger charge is -2.11. The molecule has 0 radical (unpaired) electrons. The van der Waals surface area contributed by atoms with Crippen LogP contribution in [-0.4, -0.2) is 43.7 Å². The third-order valence-corrected chi connectivity index (χ3v) is 4.60. The molecule has 8 nitrogen and oxygen atoms in total. The molecule has 0 unspecified atom stereocenters. The van der Waals surface area contributed by atoms with E-state index in [0.29, 0.717) is 36.4 Å². The van der Waals surface area contributed by atoms with E-state index in [1.165, 1.54) is 0 Å². The molecule has 0 bridgehead atoms. The van der Waals surface area contributed by atoms with E-state index >= 15 is 0 Å². The van der Waals surface area contributed by atoms with Crippen LogP contribution in [0.3, 0.4) is 0 Å². The standard InChI is InChI=1S/C21H21N5O3/c27-11-9-14-1-3-16(4-2-14)13-18-19(24-21-20(23-18)25-29-26-21)22-17-7-5-15(6-8-17)10-12-28/h1-8,27-28H,9-13H2,(H,22,24,26). The van der Waals surface area contributed by atoms with Crippen molar-refractivity contribution in [2.24, 2.45) is 0 Å². The van der Waals surface area contributed by atoms with Crippen LogP contribution >= 0.6 is 0 Å². The quantitative estimate of drug-likeness (QED) is 0.419. The third-order valence-electron chi connectivity index (χ3n) is 4.60. The van der Waals surface area contributed by atoms with E-state index in [9.17, 15) is 0 Å². The Kier molecular flexibility index (Phi) is 5.73. The van der Waals surface area contributed by atoms with Gasteiger partial charge in [-0.25, -0.2) is 14.6 Å². The van der Waals surface area contributed by atoms with Crippen LogP contribution < -0.4 is 5.32 Å². The average molecular weight is 391 g/mol. The van der Waals surface area contributed by atoms with Crippen molar-refractivity contribution >= 4 is 22.8 Å². The molecule has 8 heteroatoms. The Morgan fingerprint density at radius 1 is 0.724 bits per heavy atom. The highest BCUT2D eigenvalue weighted by atomic mass is 16.6. The summed E-state index contributed by atoms with van der Waals surface area (Å²) in [5, 5.41) is 29.0. The first-order valence-corrected chi connectivity index (χ1v) is 9.40. The molecule has 0 amide bonds. The summed E-state index contributed by atoms with van der Waals surface area (Å²) in [5.74, 6) is 0.586. The van der Waals surface area contributed by atoms with Gasteiger partial charge in [0.05, 0.1) is 5.69 Å². The van der Waals surface area contributed by atoms with E-state index in [2.05, 4.69) is 25.6 Å². The van der Waals surface area contributed by atoms with Gasteiger partial charge in [-0.3, -0.25) is 0 Å². The number of anilines is 2. The number of aromatic nitrogens is 4. The van der Waals surface area contributed by atoms with E-state index in [0.717, 1.165) is 28.1 Å². The summed E-state index contributed by atoms with van der Waals surface area (Å²) in [6, 6.07) is 15.8. The van der Waals surface area contributed by atoms with Crippen LogP contribution in [0.25, 0.3) is 11.3 Å². The number of nitrogens with zero attached hydrogens (tertiary/aromatic N) is 4. The first-order chi connectivity index (χ1) is 14.2. The van der Waals surface area contributed by atoms with Gasteiger partial charge in [-0.2, -0.15) is 0 Å². The zero-order valence-electron chi connectivity index (χ0n) is 15.7. The number of benzene rings is 2. The summed E-state index contributed by atoms with van der Waals surface area (Å²) in [4.78, 5) is 9.09. The zero-order valence-corrected chi connectivity index (χ0v) is 15.7. The van der Waals surface area contributed by atoms with Crippen molar-refractivity contribution in [1.82, 2.24) is 20.3 Å². The van der Waals surface area contributed by atoms with Crippen LogP contribution in [-0.2, 0) is 19.3 Å². The second-order valence-electron chi connectivity index (χ2n) is 6.69. The smallest absolute Gasteiger partial charge is 0.245 e. The molecular formula is C21H21N5O3. The number of hydrogen-bond acceptors (Lipinski definition) is 8. The second-order valence-corrected chi connectivity index (χ2v) is 6.69. The van der Waals surface area contributed by atoms with E-state index < -0.39 is 0 Å². The number of nitrogens with one attached hydrogen (secondary N) is 1. The molecule has 0 aliphatic carbocycles. The predicted octanol–water partition coefficient (Wildman–Crippen LogP) is 2.42. The lowest BCUT2D eigenvalue weighted by Crippen LogP contribution is -2.04. The Labute approximate surface area is 167 Å². The summed E-state index contributed by atoms with van der Waals surface area (Å²) in [6.07, 6.45) is 1.81. The van der Waals surface area contributed by atoms with Gasteiger partial charge in [0.25, 0.3) is 0 Å². The Bertz CT molecular complexity index is 992. The molecule has 0 saturated carbocycles. The van der Waals surface area contributed by atoms with Gasteiger partial charge in [0, 0.05) is 25.3 Å². The van der Waals surface area contributed by atoms with Crippen molar-refractivity contribution < 1.29 is 14.8 Å². The van der Waals surface area contributed by atoms with Gasteiger partial charge >= 0.3 is 0 Å². The highest BCUT2D eigenvalue weighted by Gasteiger charge is 2.14. The molecule has 3 N–H and O–H groups in total. The number of hydrogen-bond donors (Lipinski definition) is 3. The zero-order chi connectivity index (χ0) is 20.1. The van der Waals surface area contributed by atoms with Crippen molar-refractivity contribution in [1.29, 1.82) is 0 Å². The number of aliphatic hydroxyl groups is 2. The van der Waals surface area contributed by atoms with Crippen LogP contribution in [0.5, 0.6) is 0 Å². The molecule has 4 rings (SSSR count). The van der Waals surface area contributed by atoms with Gasteiger partial charge in [-0.15, -0.1) is 0 Å². The summed E-state index contributed by atoms with van der Waals surface area (Å²) in [7, 11) is 0. The Hall–Kier alpha value is -3.36. The number of aliphatic hydroxyl groups excluding tert-OH is 2. The van der Waals surface area contributed by atoms with E-state index in [-0.39, 0.29) is 13.2 Å². The Morgan fingerprint density at radius 3 is 1.90 bits per heavy atom. The average Bonchev–Trinajstić information content (AvgIpc) is 3.19. The maximum atomic E-state index is 9.07. The van der Waals surface area contributed by atoms with Crippen LogP contribution in [0.4, 0.5) is 11.5 Å². The lowest BCUT2D eigenvalue weighted by atomic mass is 10.1. The highest BCUT2D eigenvalue weighted by molar-refractivity contribution is 5.69. The molecule has 2 heterocycles. The summed E-state index contributed by atoms with van der Waals surface area (Å²) < 4.78 is 4.76. The summed E-state index contributed by atoms with van der Waals surface area (Å²) >= 11 is 0. The minimum Gasteiger partial charge on any atom is -0.396 e. The molecule has 0 atom stereocenters. The topological polar surface area (TPSA) is 117 Å². The Balaban J connectivity index is 1.61. The van der Waals surface area contributed by atoms with Gasteiger partial charge in [-0.05, 0) is 52.0 Å². The van der Waals surface area contributed by atoms with Gasteiger partial charge in [0.15, 0.2) is 5.82 Å². The van der Waals surface area contributed by atoms with Crippen molar-refractivity contribution in [2.75, 3.05) is 18.5 Å². The number of rotatable bonds is 8. The number of fused-ring (bicyclic) bond motifs is 1. The minimum absolute atomic E-state index is 0.120. The van der Waals surface area contributed by atoms with E-state index in [1.54, 1.807) is 0 Å². The molecule has 148 valence electrons. The Morgan fingerprint density at radius 2 is 1.28 bits per heavy atom. The predicted molar refractivity (Wildman–Crippen MR) is 108 cm³/mol. The van der Waals surface area contributed by atoms with E-state index in [4.69, 9.17) is 14.8 Å². The monoisotopic (exact) mass is 391 g/mol. The molecule has 0 aliphatic heterocycles. The highest BCUT2D eigenvalue weighted by Crippen LogP contribution is 2.23. The first kappa shape index (κ1) is 19.0. The molecule has 0 spiro atoms. The summed E-state index contributed by atoms with van der Waals surface area (Å²) in [6.45, 7) is 0.251. The normalized spacial score (nSPS) is 11.1. The van der Waals surface area contributed by atoms with Gasteiger partial charge in [0.2, 0.25) is 11.3 Å². The van der Waals surface area contributed by atoms with Gasteiger partial charge in [0.1, 0.15) is 0 Å². The summed E-state index contributed by atoms with van der Waals surface area (Å²) in [5.41, 5.74) is 5.49. The molecule has 4 aromatic rings. The maximum absolute atomic E-state index is 9.07. The molecule has 2 aromatic heterocycles. The van der Waals surface area contributed by atoms with Crippen LogP contribution in [0.2, 0.25) is 0 Å². The maximum Gasteiger partial charge on any atom is 0.245 e. The van der Waals surface area contributed by atoms with Crippen LogP contribution in [0.1, 0.15) is 22.4 Å². The fourth-order valence-corrected chi connectivity index (χ4v) is 3.06. The van der Waals surface area contributed by atoms with E-state index in [1.807, 2.05) is 48.5 Å². The fraction of sp³-hybridized carbons (Fsp3) is 0.238. The van der Waals surface area contributed by atoms with Crippen LogP contribution in [0.15, 0.2) is 53.2 Å².